The number of benzene rings is 3. The Kier molecular flexibility index (Phi) is 6.07. The molecule has 0 aromatic heterocycles. The van der Waals surface area contributed by atoms with E-state index in [0.29, 0.717) is 23.0 Å². The second kappa shape index (κ2) is 8.87. The molecule has 3 aromatic carbocycles. The third kappa shape index (κ3) is 4.61. The molecule has 8 nitrogen and oxygen atoms in total. The Morgan fingerprint density at radius 2 is 0.900 bits per heavy atom. The van der Waals surface area contributed by atoms with Crippen LogP contribution in [0.3, 0.4) is 0 Å². The number of carboxylic acids is 2. The highest BCUT2D eigenvalue weighted by Crippen LogP contribution is 2.38. The lowest BCUT2D eigenvalue weighted by Crippen LogP contribution is -2.30. The quantitative estimate of drug-likeness (QED) is 0.556. The summed E-state index contributed by atoms with van der Waals surface area (Å²) >= 11 is 0. The fourth-order valence-corrected chi connectivity index (χ4v) is 2.60. The summed E-state index contributed by atoms with van der Waals surface area (Å²) in [5.74, 6) is -1.55. The van der Waals surface area contributed by atoms with Crippen LogP contribution in [0.2, 0.25) is 0 Å². The SMILES string of the molecule is COc1ccc(Oc2cc(C(=O)[O-])c(C(=O)[O-])cc2Oc2ccc(OC)cc2)cc1. The zero-order valence-electron chi connectivity index (χ0n) is 16.0. The predicted octanol–water partition coefficient (Wildman–Crippen LogP) is 2.02. The molecule has 0 aliphatic heterocycles. The summed E-state index contributed by atoms with van der Waals surface area (Å²) in [6, 6.07) is 15.0. The Morgan fingerprint density at radius 3 is 1.17 bits per heavy atom. The molecule has 30 heavy (non-hydrogen) atoms. The van der Waals surface area contributed by atoms with Crippen LogP contribution in [0.1, 0.15) is 20.7 Å². The Hall–Kier alpha value is -4.20. The zero-order valence-corrected chi connectivity index (χ0v) is 16.0. The van der Waals surface area contributed by atoms with Gasteiger partial charge in [0.25, 0.3) is 0 Å². The maximum absolute atomic E-state index is 11.4. The highest BCUT2D eigenvalue weighted by atomic mass is 16.5. The van der Waals surface area contributed by atoms with E-state index in [1.54, 1.807) is 48.5 Å². The molecule has 8 heteroatoms. The number of hydrogen-bond donors (Lipinski definition) is 0. The highest BCUT2D eigenvalue weighted by Gasteiger charge is 2.16. The topological polar surface area (TPSA) is 117 Å². The summed E-state index contributed by atoms with van der Waals surface area (Å²) in [4.78, 5) is 22.9. The standard InChI is InChI=1S/C22H18O8/c1-27-13-3-7-15(8-4-13)29-19-11-17(21(23)24)18(22(25)26)12-20(19)30-16-9-5-14(28-2)6-10-16/h3-12H,1-2H3,(H,23,24)(H,25,26)/p-2. The maximum atomic E-state index is 11.4. The molecule has 0 amide bonds. The number of ether oxygens (including phenoxy) is 4. The summed E-state index contributed by atoms with van der Waals surface area (Å²) in [5, 5.41) is 22.9. The Labute approximate surface area is 171 Å². The van der Waals surface area contributed by atoms with Crippen molar-refractivity contribution >= 4 is 11.9 Å². The van der Waals surface area contributed by atoms with Gasteiger partial charge in [-0.1, -0.05) is 0 Å². The fraction of sp³-hybridized carbons (Fsp3) is 0.0909. The Bertz CT molecular complexity index is 969. The minimum absolute atomic E-state index is 0.0276. The molecular weight excluding hydrogens is 392 g/mol. The van der Waals surface area contributed by atoms with E-state index in [1.807, 2.05) is 0 Å². The molecule has 0 N–H and O–H groups in total. The maximum Gasteiger partial charge on any atom is 0.170 e. The first-order valence-electron chi connectivity index (χ1n) is 8.66. The number of carbonyl (C=O) groups excluding carboxylic acids is 2. The average Bonchev–Trinajstić information content (AvgIpc) is 2.75. The monoisotopic (exact) mass is 408 g/mol. The first kappa shape index (κ1) is 20.5. The van der Waals surface area contributed by atoms with Crippen LogP contribution in [0.5, 0.6) is 34.5 Å². The average molecular weight is 408 g/mol. The van der Waals surface area contributed by atoms with E-state index in [0.717, 1.165) is 12.1 Å². The first-order valence-corrected chi connectivity index (χ1v) is 8.66. The van der Waals surface area contributed by atoms with Crippen molar-refractivity contribution in [1.29, 1.82) is 0 Å². The lowest BCUT2D eigenvalue weighted by molar-refractivity contribution is -0.259. The minimum atomic E-state index is -1.69. The van der Waals surface area contributed by atoms with E-state index in [1.165, 1.54) is 14.2 Å². The number of carbonyl (C=O) groups is 2. The highest BCUT2D eigenvalue weighted by molar-refractivity contribution is 6.01. The van der Waals surface area contributed by atoms with Gasteiger partial charge in [-0.2, -0.15) is 0 Å². The van der Waals surface area contributed by atoms with Crippen LogP contribution >= 0.6 is 0 Å². The van der Waals surface area contributed by atoms with E-state index < -0.39 is 23.1 Å². The predicted molar refractivity (Wildman–Crippen MR) is 101 cm³/mol. The Morgan fingerprint density at radius 1 is 0.600 bits per heavy atom. The number of methoxy groups -OCH3 is 2. The van der Waals surface area contributed by atoms with Crippen molar-refractivity contribution in [2.75, 3.05) is 14.2 Å². The second-order valence-electron chi connectivity index (χ2n) is 5.97. The molecular formula is C22H16O8-2. The molecule has 0 fully saturated rings. The van der Waals surface area contributed by atoms with E-state index in [4.69, 9.17) is 18.9 Å². The van der Waals surface area contributed by atoms with Crippen LogP contribution in [-0.4, -0.2) is 26.2 Å². The first-order chi connectivity index (χ1) is 14.4. The minimum Gasteiger partial charge on any atom is -0.545 e. The van der Waals surface area contributed by atoms with E-state index in [2.05, 4.69) is 0 Å². The van der Waals surface area contributed by atoms with Crippen LogP contribution < -0.4 is 29.2 Å². The summed E-state index contributed by atoms with van der Waals surface area (Å²) in [6.45, 7) is 0. The van der Waals surface area contributed by atoms with Crippen molar-refractivity contribution in [2.24, 2.45) is 0 Å². The van der Waals surface area contributed by atoms with Crippen molar-refractivity contribution < 1.29 is 38.7 Å². The molecule has 0 radical (unpaired) electrons. The fourth-order valence-electron chi connectivity index (χ4n) is 2.60. The Balaban J connectivity index is 2.04. The largest absolute Gasteiger partial charge is 0.545 e. The van der Waals surface area contributed by atoms with Crippen molar-refractivity contribution in [3.63, 3.8) is 0 Å². The summed E-state index contributed by atoms with van der Waals surface area (Å²) < 4.78 is 21.7. The van der Waals surface area contributed by atoms with Gasteiger partial charge in [0.05, 0.1) is 26.2 Å². The van der Waals surface area contributed by atoms with Gasteiger partial charge in [-0.15, -0.1) is 0 Å². The molecule has 0 aliphatic carbocycles. The molecule has 154 valence electrons. The van der Waals surface area contributed by atoms with Gasteiger partial charge in [0.15, 0.2) is 11.5 Å². The summed E-state index contributed by atoms with van der Waals surface area (Å²) in [6.07, 6.45) is 0. The second-order valence-corrected chi connectivity index (χ2v) is 5.97. The summed E-state index contributed by atoms with van der Waals surface area (Å²) in [7, 11) is 3.03. The van der Waals surface area contributed by atoms with Crippen LogP contribution in [0.25, 0.3) is 0 Å². The smallest absolute Gasteiger partial charge is 0.170 e. The number of hydrogen-bond acceptors (Lipinski definition) is 8. The lowest BCUT2D eigenvalue weighted by Gasteiger charge is -2.18. The molecule has 0 spiro atoms. The normalized spacial score (nSPS) is 10.2. The van der Waals surface area contributed by atoms with E-state index >= 15 is 0 Å². The number of rotatable bonds is 8. The molecule has 0 bridgehead atoms. The third-order valence-electron chi connectivity index (χ3n) is 4.10. The number of aromatic carboxylic acids is 2. The third-order valence-corrected chi connectivity index (χ3v) is 4.10. The van der Waals surface area contributed by atoms with Gasteiger partial charge in [0, 0.05) is 11.1 Å². The van der Waals surface area contributed by atoms with Gasteiger partial charge < -0.3 is 38.7 Å². The molecule has 0 saturated heterocycles. The van der Waals surface area contributed by atoms with Crippen molar-refractivity contribution in [3.8, 4) is 34.5 Å². The summed E-state index contributed by atoms with van der Waals surface area (Å²) in [5.41, 5.74) is -1.19. The van der Waals surface area contributed by atoms with E-state index in [9.17, 15) is 19.8 Å². The van der Waals surface area contributed by atoms with Crippen molar-refractivity contribution in [2.45, 2.75) is 0 Å². The molecule has 0 unspecified atom stereocenters. The van der Waals surface area contributed by atoms with Gasteiger partial charge in [-0.25, -0.2) is 0 Å². The van der Waals surface area contributed by atoms with Gasteiger partial charge >= 0.3 is 0 Å². The van der Waals surface area contributed by atoms with Crippen LogP contribution in [0, 0.1) is 0 Å². The van der Waals surface area contributed by atoms with Crippen LogP contribution in [0.4, 0.5) is 0 Å². The van der Waals surface area contributed by atoms with Gasteiger partial charge in [0.2, 0.25) is 0 Å². The van der Waals surface area contributed by atoms with E-state index in [-0.39, 0.29) is 11.5 Å². The van der Waals surface area contributed by atoms with Gasteiger partial charge in [-0.3, -0.25) is 0 Å². The molecule has 0 saturated carbocycles. The molecule has 0 aliphatic rings. The lowest BCUT2D eigenvalue weighted by atomic mass is 10.1. The van der Waals surface area contributed by atoms with Crippen molar-refractivity contribution in [3.05, 3.63) is 71.8 Å². The molecule has 0 atom stereocenters. The number of carboxylic acid groups (broad SMARTS) is 2. The van der Waals surface area contributed by atoms with Crippen LogP contribution in [-0.2, 0) is 0 Å². The van der Waals surface area contributed by atoms with Gasteiger partial charge in [-0.05, 0) is 60.7 Å². The van der Waals surface area contributed by atoms with Crippen LogP contribution in [0.15, 0.2) is 60.7 Å². The molecule has 0 heterocycles. The zero-order chi connectivity index (χ0) is 21.7. The van der Waals surface area contributed by atoms with Crippen molar-refractivity contribution in [1.82, 2.24) is 0 Å². The molecule has 3 rings (SSSR count). The molecule has 3 aromatic rings. The van der Waals surface area contributed by atoms with Gasteiger partial charge in [0.1, 0.15) is 23.0 Å².